The maximum atomic E-state index is 5.95. The van der Waals surface area contributed by atoms with Crippen molar-refractivity contribution in [1.29, 1.82) is 0 Å². The van der Waals surface area contributed by atoms with Crippen molar-refractivity contribution in [2.45, 2.75) is 38.0 Å². The van der Waals surface area contributed by atoms with Crippen LogP contribution in [0.2, 0.25) is 0 Å². The lowest BCUT2D eigenvalue weighted by atomic mass is 9.94. The predicted molar refractivity (Wildman–Crippen MR) is 93.5 cm³/mol. The van der Waals surface area contributed by atoms with E-state index in [1.165, 1.54) is 16.7 Å². The Hall–Kier alpha value is -0.580. The van der Waals surface area contributed by atoms with E-state index in [4.69, 9.17) is 18.0 Å². The molecular formula is C16H24N2S2. The molecular weight excluding hydrogens is 284 g/mol. The summed E-state index contributed by atoms with van der Waals surface area (Å²) in [7, 11) is 0. The molecule has 0 bridgehead atoms. The minimum atomic E-state index is 0.0213. The average molecular weight is 309 g/mol. The number of likely N-dealkylation sites (tertiary alicyclic amines) is 1. The van der Waals surface area contributed by atoms with Crippen LogP contribution < -0.4 is 5.73 Å². The highest BCUT2D eigenvalue weighted by Gasteiger charge is 2.36. The van der Waals surface area contributed by atoms with Gasteiger partial charge >= 0.3 is 0 Å². The lowest BCUT2D eigenvalue weighted by molar-refractivity contribution is 0.212. The van der Waals surface area contributed by atoms with Crippen LogP contribution in [0.15, 0.2) is 18.2 Å². The van der Waals surface area contributed by atoms with Gasteiger partial charge in [-0.25, -0.2) is 0 Å². The Kier molecular flexibility index (Phi) is 5.10. The Bertz CT molecular complexity index is 491. The molecule has 2 rings (SSSR count). The highest BCUT2D eigenvalue weighted by molar-refractivity contribution is 8.02. The first-order chi connectivity index (χ1) is 9.47. The largest absolute Gasteiger partial charge is 0.392 e. The molecule has 1 aromatic rings. The number of benzene rings is 1. The second kappa shape index (κ2) is 6.46. The van der Waals surface area contributed by atoms with Crippen LogP contribution in [0.4, 0.5) is 0 Å². The van der Waals surface area contributed by atoms with E-state index >= 15 is 0 Å². The van der Waals surface area contributed by atoms with E-state index in [1.54, 1.807) is 0 Å². The molecule has 1 aliphatic heterocycles. The summed E-state index contributed by atoms with van der Waals surface area (Å²) in [5, 5.41) is 0. The molecule has 20 heavy (non-hydrogen) atoms. The first-order valence-corrected chi connectivity index (χ1v) is 8.74. The molecule has 0 aliphatic carbocycles. The first-order valence-electron chi connectivity index (χ1n) is 7.10. The van der Waals surface area contributed by atoms with Crippen molar-refractivity contribution in [2.24, 2.45) is 5.73 Å². The molecule has 1 fully saturated rings. The van der Waals surface area contributed by atoms with Gasteiger partial charge in [0.25, 0.3) is 0 Å². The quantitative estimate of drug-likeness (QED) is 0.864. The van der Waals surface area contributed by atoms with E-state index in [0.29, 0.717) is 4.99 Å². The minimum Gasteiger partial charge on any atom is -0.392 e. The Balaban J connectivity index is 2.01. The summed E-state index contributed by atoms with van der Waals surface area (Å²) >= 11 is 7.09. The normalized spacial score (nSPS) is 18.9. The third-order valence-corrected chi connectivity index (χ3v) is 6.33. The van der Waals surface area contributed by atoms with Gasteiger partial charge < -0.3 is 5.73 Å². The maximum absolute atomic E-state index is 5.95. The van der Waals surface area contributed by atoms with Crippen molar-refractivity contribution in [2.75, 3.05) is 19.3 Å². The summed E-state index contributed by atoms with van der Waals surface area (Å²) in [4.78, 5) is 3.20. The van der Waals surface area contributed by atoms with Crippen LogP contribution in [0.25, 0.3) is 0 Å². The third-order valence-electron chi connectivity index (χ3n) is 4.40. The highest BCUT2D eigenvalue weighted by atomic mass is 32.2. The number of aryl methyl sites for hydroxylation is 2. The first kappa shape index (κ1) is 15.8. The molecule has 1 aliphatic rings. The monoisotopic (exact) mass is 308 g/mol. The standard InChI is InChI=1S/C16H24N2S2/c1-12-4-5-13(2)14(10-12)11-18-8-6-16(20-3,7-9-18)15(17)19/h4-5,10H,6-9,11H2,1-3H3,(H2,17,19). The third kappa shape index (κ3) is 3.35. The van der Waals surface area contributed by atoms with Crippen molar-refractivity contribution >= 4 is 29.0 Å². The molecule has 1 aromatic carbocycles. The van der Waals surface area contributed by atoms with Gasteiger partial charge in [-0.2, -0.15) is 11.8 Å². The van der Waals surface area contributed by atoms with E-state index in [9.17, 15) is 0 Å². The number of thiocarbonyl (C=S) groups is 1. The molecule has 2 N–H and O–H groups in total. The lowest BCUT2D eigenvalue weighted by Crippen LogP contribution is -2.49. The van der Waals surface area contributed by atoms with Crippen LogP contribution in [0, 0.1) is 13.8 Å². The molecule has 1 heterocycles. The van der Waals surface area contributed by atoms with E-state index in [0.717, 1.165) is 32.5 Å². The molecule has 0 spiro atoms. The van der Waals surface area contributed by atoms with Crippen molar-refractivity contribution < 1.29 is 0 Å². The number of piperidine rings is 1. The van der Waals surface area contributed by atoms with Crippen LogP contribution in [0.5, 0.6) is 0 Å². The van der Waals surface area contributed by atoms with E-state index in [-0.39, 0.29) is 4.75 Å². The van der Waals surface area contributed by atoms with Gasteiger partial charge in [-0.05, 0) is 44.1 Å². The molecule has 0 saturated carbocycles. The van der Waals surface area contributed by atoms with Gasteiger partial charge in [0.05, 0.1) is 9.74 Å². The summed E-state index contributed by atoms with van der Waals surface area (Å²) in [5.74, 6) is 0. The summed E-state index contributed by atoms with van der Waals surface area (Å²) in [5.41, 5.74) is 10.1. The number of thioether (sulfide) groups is 1. The van der Waals surface area contributed by atoms with Gasteiger partial charge in [0, 0.05) is 19.6 Å². The predicted octanol–water partition coefficient (Wildman–Crippen LogP) is 3.29. The zero-order valence-electron chi connectivity index (χ0n) is 12.6. The fraction of sp³-hybridized carbons (Fsp3) is 0.562. The molecule has 110 valence electrons. The van der Waals surface area contributed by atoms with E-state index in [2.05, 4.69) is 43.2 Å². The molecule has 2 nitrogen and oxygen atoms in total. The van der Waals surface area contributed by atoms with Gasteiger partial charge in [-0.15, -0.1) is 0 Å². The van der Waals surface area contributed by atoms with Crippen molar-refractivity contribution in [3.63, 3.8) is 0 Å². The van der Waals surface area contributed by atoms with Crippen molar-refractivity contribution in [3.05, 3.63) is 34.9 Å². The molecule has 4 heteroatoms. The van der Waals surface area contributed by atoms with Gasteiger partial charge in [0.1, 0.15) is 0 Å². The Morgan fingerprint density at radius 2 is 2.00 bits per heavy atom. The Morgan fingerprint density at radius 1 is 1.35 bits per heavy atom. The molecule has 0 atom stereocenters. The second-order valence-electron chi connectivity index (χ2n) is 5.77. The SMILES string of the molecule is CSC1(C(N)=S)CCN(Cc2cc(C)ccc2C)CC1. The molecule has 1 saturated heterocycles. The van der Waals surface area contributed by atoms with Crippen LogP contribution in [-0.2, 0) is 6.54 Å². The summed E-state index contributed by atoms with van der Waals surface area (Å²) in [6.45, 7) is 7.54. The van der Waals surface area contributed by atoms with Crippen LogP contribution in [0.1, 0.15) is 29.5 Å². The van der Waals surface area contributed by atoms with Gasteiger partial charge in [0.15, 0.2) is 0 Å². The smallest absolute Gasteiger partial charge is 0.0891 e. The van der Waals surface area contributed by atoms with E-state index < -0.39 is 0 Å². The number of hydrogen-bond donors (Lipinski definition) is 1. The van der Waals surface area contributed by atoms with Gasteiger partial charge in [-0.3, -0.25) is 4.90 Å². The lowest BCUT2D eigenvalue weighted by Gasteiger charge is -2.40. The Morgan fingerprint density at radius 3 is 2.55 bits per heavy atom. The maximum Gasteiger partial charge on any atom is 0.0891 e. The second-order valence-corrected chi connectivity index (χ2v) is 7.40. The molecule has 0 radical (unpaired) electrons. The number of hydrogen-bond acceptors (Lipinski definition) is 3. The summed E-state index contributed by atoms with van der Waals surface area (Å²) < 4.78 is 0.0213. The number of nitrogens with two attached hydrogens (primary N) is 1. The van der Waals surface area contributed by atoms with Crippen molar-refractivity contribution in [3.8, 4) is 0 Å². The zero-order valence-corrected chi connectivity index (χ0v) is 14.2. The zero-order chi connectivity index (χ0) is 14.8. The fourth-order valence-corrected chi connectivity index (χ4v) is 4.08. The summed E-state index contributed by atoms with van der Waals surface area (Å²) in [6, 6.07) is 6.70. The molecule has 0 aromatic heterocycles. The molecule has 0 unspecified atom stereocenters. The van der Waals surface area contributed by atoms with Gasteiger partial charge in [-0.1, -0.05) is 36.0 Å². The van der Waals surface area contributed by atoms with Crippen LogP contribution in [-0.4, -0.2) is 34.0 Å². The molecule has 0 amide bonds. The van der Waals surface area contributed by atoms with E-state index in [1.807, 2.05) is 11.8 Å². The van der Waals surface area contributed by atoms with Gasteiger partial charge in [0.2, 0.25) is 0 Å². The summed E-state index contributed by atoms with van der Waals surface area (Å²) in [6.07, 6.45) is 4.25. The topological polar surface area (TPSA) is 29.3 Å². The van der Waals surface area contributed by atoms with Crippen molar-refractivity contribution in [1.82, 2.24) is 4.90 Å². The fourth-order valence-electron chi connectivity index (χ4n) is 2.83. The average Bonchev–Trinajstić information content (AvgIpc) is 2.43. The number of nitrogens with zero attached hydrogens (tertiary/aromatic N) is 1. The minimum absolute atomic E-state index is 0.0213. The van der Waals surface area contributed by atoms with Crippen LogP contribution in [0.3, 0.4) is 0 Å². The Labute approximate surface area is 132 Å². The van der Waals surface area contributed by atoms with Crippen LogP contribution >= 0.6 is 24.0 Å². The number of rotatable bonds is 4. The highest BCUT2D eigenvalue weighted by Crippen LogP contribution is 2.35.